The topological polar surface area (TPSA) is 94.6 Å². The average molecular weight is 420 g/mol. The maximum Gasteiger partial charge on any atom is 0.365 e. The van der Waals surface area contributed by atoms with Crippen molar-refractivity contribution in [1.29, 1.82) is 0 Å². The first-order chi connectivity index (χ1) is 12.9. The lowest BCUT2D eigenvalue weighted by Gasteiger charge is -2.01. The van der Waals surface area contributed by atoms with E-state index in [2.05, 4.69) is 10.1 Å². The zero-order valence-corrected chi connectivity index (χ0v) is 15.9. The molecular weight excluding hydrogens is 409 g/mol. The molecule has 0 radical (unpaired) electrons. The Kier molecular flexibility index (Phi) is 5.85. The second kappa shape index (κ2) is 8.30. The highest BCUT2D eigenvalue weighted by Gasteiger charge is 2.18. The van der Waals surface area contributed by atoms with Gasteiger partial charge in [-0.1, -0.05) is 40.5 Å². The maximum absolute atomic E-state index is 12.0. The van der Waals surface area contributed by atoms with Gasteiger partial charge in [0.1, 0.15) is 0 Å². The molecule has 0 aliphatic heterocycles. The smallest absolute Gasteiger partial charge is 0.364 e. The van der Waals surface area contributed by atoms with Gasteiger partial charge in [0.2, 0.25) is 5.71 Å². The number of benzene rings is 2. The van der Waals surface area contributed by atoms with Crippen LogP contribution < -0.4 is 5.73 Å². The van der Waals surface area contributed by atoms with Crippen molar-refractivity contribution < 1.29 is 14.4 Å². The summed E-state index contributed by atoms with van der Waals surface area (Å²) in [6.45, 7) is 0. The normalized spacial score (nSPS) is 11.3. The van der Waals surface area contributed by atoms with Gasteiger partial charge in [-0.05, 0) is 36.4 Å². The molecule has 0 aliphatic carbocycles. The predicted octanol–water partition coefficient (Wildman–Crippen LogP) is 4.16. The summed E-state index contributed by atoms with van der Waals surface area (Å²) in [7, 11) is 0. The van der Waals surface area contributed by atoms with Crippen molar-refractivity contribution in [1.82, 2.24) is 4.98 Å². The molecule has 0 bridgehead atoms. The lowest BCUT2D eigenvalue weighted by molar-refractivity contribution is -0.112. The van der Waals surface area contributed by atoms with Crippen molar-refractivity contribution in [3.05, 3.63) is 74.5 Å². The summed E-state index contributed by atoms with van der Waals surface area (Å²) in [5, 5.41) is 6.64. The Morgan fingerprint density at radius 2 is 1.59 bits per heavy atom. The zero-order valence-electron chi connectivity index (χ0n) is 13.6. The van der Waals surface area contributed by atoms with Crippen molar-refractivity contribution in [2.45, 2.75) is 0 Å². The molecule has 0 saturated carbocycles. The van der Waals surface area contributed by atoms with Gasteiger partial charge >= 0.3 is 5.97 Å². The van der Waals surface area contributed by atoms with Gasteiger partial charge in [-0.2, -0.15) is 0 Å². The zero-order chi connectivity index (χ0) is 19.4. The Balaban J connectivity index is 1.82. The van der Waals surface area contributed by atoms with Crippen LogP contribution in [-0.4, -0.2) is 22.6 Å². The number of hydrogen-bond acceptors (Lipinski definition) is 6. The average Bonchev–Trinajstić information content (AvgIpc) is 3.12. The molecule has 0 saturated heterocycles. The number of thiazole rings is 1. The van der Waals surface area contributed by atoms with Crippen molar-refractivity contribution in [2.75, 3.05) is 0 Å². The van der Waals surface area contributed by atoms with Crippen LogP contribution in [0.1, 0.15) is 15.4 Å². The third-order valence-electron chi connectivity index (χ3n) is 3.38. The van der Waals surface area contributed by atoms with E-state index in [0.29, 0.717) is 15.7 Å². The summed E-state index contributed by atoms with van der Waals surface area (Å²) in [4.78, 5) is 32.9. The molecule has 0 unspecified atom stereocenters. The van der Waals surface area contributed by atoms with E-state index in [4.69, 9.17) is 33.8 Å². The Morgan fingerprint density at radius 1 is 1.00 bits per heavy atom. The number of primary amides is 1. The summed E-state index contributed by atoms with van der Waals surface area (Å²) in [6.07, 6.45) is 0. The molecule has 0 spiro atoms. The molecule has 0 fully saturated rings. The molecule has 6 nitrogen and oxygen atoms in total. The first-order valence-corrected chi connectivity index (χ1v) is 9.14. The van der Waals surface area contributed by atoms with Gasteiger partial charge in [-0.25, -0.2) is 9.78 Å². The van der Waals surface area contributed by atoms with Crippen LogP contribution in [0.4, 0.5) is 0 Å². The van der Waals surface area contributed by atoms with E-state index < -0.39 is 11.9 Å². The number of carbonyl (C=O) groups excluding carboxylic acids is 2. The molecule has 0 atom stereocenters. The largest absolute Gasteiger partial charge is 0.365 e. The number of oxime groups is 1. The molecular formula is C18H11Cl2N3O3S. The fraction of sp³-hybridized carbons (Fsp3) is 0. The van der Waals surface area contributed by atoms with Gasteiger partial charge in [0.05, 0.1) is 11.3 Å². The molecule has 136 valence electrons. The highest BCUT2D eigenvalue weighted by molar-refractivity contribution is 7.13. The van der Waals surface area contributed by atoms with Crippen molar-refractivity contribution in [3.8, 4) is 11.3 Å². The summed E-state index contributed by atoms with van der Waals surface area (Å²) in [6, 6.07) is 13.1. The van der Waals surface area contributed by atoms with Crippen LogP contribution in [0.2, 0.25) is 10.0 Å². The Hall–Kier alpha value is -2.74. The number of hydrogen-bond donors (Lipinski definition) is 1. The first-order valence-electron chi connectivity index (χ1n) is 7.50. The molecule has 27 heavy (non-hydrogen) atoms. The minimum absolute atomic E-state index is 0.230. The fourth-order valence-corrected chi connectivity index (χ4v) is 3.12. The monoisotopic (exact) mass is 419 g/mol. The maximum atomic E-state index is 12.0. The van der Waals surface area contributed by atoms with Gasteiger partial charge < -0.3 is 10.6 Å². The van der Waals surface area contributed by atoms with E-state index in [-0.39, 0.29) is 16.3 Å². The second-order valence-electron chi connectivity index (χ2n) is 5.23. The van der Waals surface area contributed by atoms with Crippen molar-refractivity contribution in [3.63, 3.8) is 0 Å². The van der Waals surface area contributed by atoms with Crippen LogP contribution in [0.5, 0.6) is 0 Å². The standard InChI is InChI=1S/C18H11Cl2N3O3S/c19-12-5-1-10(2-6-12)14-9-27-17(22-14)15(16(21)24)23-26-18(25)11-3-7-13(20)8-4-11/h1-9H,(H2,21,24)/b23-15+. The van der Waals surface area contributed by atoms with Crippen molar-refractivity contribution >= 4 is 52.1 Å². The Bertz CT molecular complexity index is 1020. The summed E-state index contributed by atoms with van der Waals surface area (Å²) in [5.41, 5.74) is 6.76. The SMILES string of the molecule is NC(=O)/C(=N\OC(=O)c1ccc(Cl)cc1)c1nc(-c2ccc(Cl)cc2)cs1. The van der Waals surface area contributed by atoms with Crippen LogP contribution in [-0.2, 0) is 9.63 Å². The minimum Gasteiger partial charge on any atom is -0.364 e. The van der Waals surface area contributed by atoms with Crippen LogP contribution in [0.15, 0.2) is 59.1 Å². The van der Waals surface area contributed by atoms with Crippen LogP contribution >= 0.6 is 34.5 Å². The second-order valence-corrected chi connectivity index (χ2v) is 6.97. The number of amides is 1. The quantitative estimate of drug-likeness (QED) is 0.381. The van der Waals surface area contributed by atoms with Gasteiger partial charge in [0, 0.05) is 21.0 Å². The highest BCUT2D eigenvalue weighted by Crippen LogP contribution is 2.24. The third-order valence-corrected chi connectivity index (χ3v) is 4.73. The van der Waals surface area contributed by atoms with Gasteiger partial charge in [-0.3, -0.25) is 4.79 Å². The fourth-order valence-electron chi connectivity index (χ4n) is 2.05. The molecule has 1 heterocycles. The molecule has 3 rings (SSSR count). The predicted molar refractivity (Wildman–Crippen MR) is 105 cm³/mol. The van der Waals surface area contributed by atoms with E-state index >= 15 is 0 Å². The highest BCUT2D eigenvalue weighted by atomic mass is 35.5. The van der Waals surface area contributed by atoms with E-state index in [1.165, 1.54) is 24.3 Å². The van der Waals surface area contributed by atoms with Crippen LogP contribution in [0.3, 0.4) is 0 Å². The molecule has 1 amide bonds. The lowest BCUT2D eigenvalue weighted by atomic mass is 10.2. The minimum atomic E-state index is -0.865. The number of carbonyl (C=O) groups is 2. The van der Waals surface area contributed by atoms with Crippen molar-refractivity contribution in [2.24, 2.45) is 10.9 Å². The van der Waals surface area contributed by atoms with Crippen LogP contribution in [0, 0.1) is 0 Å². The van der Waals surface area contributed by atoms with E-state index in [9.17, 15) is 9.59 Å². The third kappa shape index (κ3) is 4.71. The van der Waals surface area contributed by atoms with Gasteiger partial charge in [0.25, 0.3) is 5.91 Å². The number of nitrogens with zero attached hydrogens (tertiary/aromatic N) is 2. The Labute approximate surface area is 168 Å². The Morgan fingerprint density at radius 3 is 2.19 bits per heavy atom. The molecule has 1 aromatic heterocycles. The summed E-state index contributed by atoms with van der Waals surface area (Å²) >= 11 is 12.8. The molecule has 3 aromatic rings. The van der Waals surface area contributed by atoms with E-state index in [1.807, 2.05) is 0 Å². The van der Waals surface area contributed by atoms with Crippen LogP contribution in [0.25, 0.3) is 11.3 Å². The number of rotatable bonds is 5. The molecule has 2 aromatic carbocycles. The van der Waals surface area contributed by atoms with E-state index in [0.717, 1.165) is 16.9 Å². The summed E-state index contributed by atoms with van der Waals surface area (Å²) in [5.74, 6) is -1.61. The first kappa shape index (κ1) is 19.0. The van der Waals surface area contributed by atoms with Gasteiger partial charge in [-0.15, -0.1) is 11.3 Å². The molecule has 9 heteroatoms. The molecule has 0 aliphatic rings. The summed E-state index contributed by atoms with van der Waals surface area (Å²) < 4.78 is 0. The molecule has 2 N–H and O–H groups in total. The number of aromatic nitrogens is 1. The van der Waals surface area contributed by atoms with E-state index in [1.54, 1.807) is 29.6 Å². The van der Waals surface area contributed by atoms with Gasteiger partial charge in [0.15, 0.2) is 5.01 Å². The number of halogens is 2. The lowest BCUT2D eigenvalue weighted by Crippen LogP contribution is -2.25. The number of nitrogens with two attached hydrogens (primary N) is 1.